The quantitative estimate of drug-likeness (QED) is 0.701. The van der Waals surface area contributed by atoms with Gasteiger partial charge in [0.2, 0.25) is 11.7 Å². The van der Waals surface area contributed by atoms with E-state index in [1.807, 2.05) is 0 Å². The number of aromatic nitrogens is 2. The van der Waals surface area contributed by atoms with Gasteiger partial charge in [-0.05, 0) is 43.9 Å². The maximum atomic E-state index is 13.5. The summed E-state index contributed by atoms with van der Waals surface area (Å²) in [6.07, 6.45) is 4.15. The van der Waals surface area contributed by atoms with Crippen LogP contribution in [-0.4, -0.2) is 40.1 Å². The maximum absolute atomic E-state index is 13.5. The summed E-state index contributed by atoms with van der Waals surface area (Å²) in [7, 11) is 1.40. The summed E-state index contributed by atoms with van der Waals surface area (Å²) in [4.78, 5) is 21.0. The van der Waals surface area contributed by atoms with Crippen LogP contribution in [-0.2, 0) is 0 Å². The first-order valence-corrected chi connectivity index (χ1v) is 8.43. The molecule has 1 saturated carbocycles. The van der Waals surface area contributed by atoms with Crippen molar-refractivity contribution in [3.05, 3.63) is 41.3 Å². The number of hydrogen-bond donors (Lipinski definition) is 3. The number of aliphatic hydroxyl groups excluding tert-OH is 1. The van der Waals surface area contributed by atoms with E-state index in [2.05, 4.69) is 15.3 Å². The van der Waals surface area contributed by atoms with Gasteiger partial charge in [-0.2, -0.15) is 4.98 Å². The molecule has 1 aromatic carbocycles. The number of nitrogens with two attached hydrogens (primary N) is 1. The van der Waals surface area contributed by atoms with E-state index in [0.29, 0.717) is 5.95 Å². The predicted octanol–water partition coefficient (Wildman–Crippen LogP) is 2.15. The number of anilines is 2. The van der Waals surface area contributed by atoms with Gasteiger partial charge in [0.25, 0.3) is 0 Å². The highest BCUT2D eigenvalue weighted by Gasteiger charge is 2.22. The highest BCUT2D eigenvalue weighted by molar-refractivity contribution is 6.13. The van der Waals surface area contributed by atoms with Crippen molar-refractivity contribution < 1.29 is 19.0 Å². The Bertz CT molecular complexity index is 807. The number of aliphatic hydroxyl groups is 1. The van der Waals surface area contributed by atoms with Gasteiger partial charge < -0.3 is 20.9 Å². The lowest BCUT2D eigenvalue weighted by Gasteiger charge is -2.26. The Balaban J connectivity index is 1.79. The van der Waals surface area contributed by atoms with Crippen molar-refractivity contribution in [2.75, 3.05) is 18.2 Å². The molecule has 7 nitrogen and oxygen atoms in total. The molecule has 0 amide bonds. The Morgan fingerprint density at radius 2 is 2.04 bits per heavy atom. The maximum Gasteiger partial charge on any atom is 0.224 e. The van der Waals surface area contributed by atoms with Crippen molar-refractivity contribution in [3.8, 4) is 5.75 Å². The molecule has 0 radical (unpaired) electrons. The minimum atomic E-state index is -0.550. The van der Waals surface area contributed by atoms with Crippen LogP contribution in [0.1, 0.15) is 41.6 Å². The molecule has 8 heteroatoms. The Morgan fingerprint density at radius 3 is 2.69 bits per heavy atom. The summed E-state index contributed by atoms with van der Waals surface area (Å²) < 4.78 is 18.6. The smallest absolute Gasteiger partial charge is 0.224 e. The number of methoxy groups -OCH3 is 1. The van der Waals surface area contributed by atoms with Crippen molar-refractivity contribution in [2.24, 2.45) is 0 Å². The molecule has 0 saturated heterocycles. The molecule has 26 heavy (non-hydrogen) atoms. The molecular weight excluding hydrogens is 339 g/mol. The van der Waals surface area contributed by atoms with E-state index >= 15 is 0 Å². The molecule has 0 bridgehead atoms. The standard InChI is InChI=1S/C18H21FN4O3/c1-26-15-7-2-10(19)8-13(15)16(25)14-9-21-18(23-17(14)20)22-11-3-5-12(24)6-4-11/h2,7-9,11-12,24H,3-6H2,1H3,(H3,20,21,22,23). The fourth-order valence-corrected chi connectivity index (χ4v) is 3.04. The monoisotopic (exact) mass is 360 g/mol. The summed E-state index contributed by atoms with van der Waals surface area (Å²) in [6.45, 7) is 0. The van der Waals surface area contributed by atoms with Crippen LogP contribution in [0.2, 0.25) is 0 Å². The average Bonchev–Trinajstić information content (AvgIpc) is 2.63. The van der Waals surface area contributed by atoms with E-state index in [-0.39, 0.29) is 34.8 Å². The number of nitrogens with one attached hydrogen (secondary N) is 1. The topological polar surface area (TPSA) is 110 Å². The Hall–Kier alpha value is -2.74. The number of halogens is 1. The lowest BCUT2D eigenvalue weighted by atomic mass is 9.93. The molecule has 2 aromatic rings. The number of nitrogens with zero attached hydrogens (tertiary/aromatic N) is 2. The molecular formula is C18H21FN4O3. The van der Waals surface area contributed by atoms with Crippen LogP contribution in [0.5, 0.6) is 5.75 Å². The molecule has 1 fully saturated rings. The minimum Gasteiger partial charge on any atom is -0.496 e. The fraction of sp³-hybridized carbons (Fsp3) is 0.389. The van der Waals surface area contributed by atoms with Gasteiger partial charge in [-0.15, -0.1) is 0 Å². The van der Waals surface area contributed by atoms with E-state index in [9.17, 15) is 14.3 Å². The number of hydrogen-bond acceptors (Lipinski definition) is 7. The molecule has 0 unspecified atom stereocenters. The lowest BCUT2D eigenvalue weighted by Crippen LogP contribution is -2.29. The highest BCUT2D eigenvalue weighted by atomic mass is 19.1. The third kappa shape index (κ3) is 3.91. The lowest BCUT2D eigenvalue weighted by molar-refractivity contribution is 0.103. The van der Waals surface area contributed by atoms with Crippen LogP contribution in [0.15, 0.2) is 24.4 Å². The first kappa shape index (κ1) is 18.1. The van der Waals surface area contributed by atoms with Gasteiger partial charge in [-0.3, -0.25) is 4.79 Å². The number of carbonyl (C=O) groups is 1. The van der Waals surface area contributed by atoms with Crippen LogP contribution in [0.3, 0.4) is 0 Å². The SMILES string of the molecule is COc1ccc(F)cc1C(=O)c1cnc(NC2CCC(O)CC2)nc1N. The zero-order valence-corrected chi connectivity index (χ0v) is 14.4. The molecule has 1 heterocycles. The Kier molecular flexibility index (Phi) is 5.32. The fourth-order valence-electron chi connectivity index (χ4n) is 3.04. The molecule has 0 spiro atoms. The second kappa shape index (κ2) is 7.65. The molecule has 1 aromatic heterocycles. The van der Waals surface area contributed by atoms with Crippen molar-refractivity contribution in [1.82, 2.24) is 9.97 Å². The molecule has 1 aliphatic carbocycles. The van der Waals surface area contributed by atoms with Crippen LogP contribution >= 0.6 is 0 Å². The molecule has 1 aliphatic rings. The van der Waals surface area contributed by atoms with Gasteiger partial charge in [0.05, 0.1) is 24.3 Å². The van der Waals surface area contributed by atoms with Crippen LogP contribution in [0, 0.1) is 5.82 Å². The first-order valence-electron chi connectivity index (χ1n) is 8.43. The van der Waals surface area contributed by atoms with E-state index < -0.39 is 11.6 Å². The predicted molar refractivity (Wildman–Crippen MR) is 94.7 cm³/mol. The van der Waals surface area contributed by atoms with Crippen molar-refractivity contribution in [1.29, 1.82) is 0 Å². The summed E-state index contributed by atoms with van der Waals surface area (Å²) in [5, 5.41) is 12.7. The van der Waals surface area contributed by atoms with Gasteiger partial charge in [-0.1, -0.05) is 0 Å². The van der Waals surface area contributed by atoms with Crippen molar-refractivity contribution in [2.45, 2.75) is 37.8 Å². The van der Waals surface area contributed by atoms with Gasteiger partial charge in [0.15, 0.2) is 0 Å². The Morgan fingerprint density at radius 1 is 1.31 bits per heavy atom. The second-order valence-electron chi connectivity index (χ2n) is 6.32. The van der Waals surface area contributed by atoms with Crippen LogP contribution in [0.4, 0.5) is 16.2 Å². The molecule has 138 valence electrons. The van der Waals surface area contributed by atoms with Crippen LogP contribution < -0.4 is 15.8 Å². The van der Waals surface area contributed by atoms with Crippen LogP contribution in [0.25, 0.3) is 0 Å². The number of ketones is 1. The third-order valence-corrected chi connectivity index (χ3v) is 4.50. The zero-order valence-electron chi connectivity index (χ0n) is 14.4. The number of benzene rings is 1. The minimum absolute atomic E-state index is 0.00894. The molecule has 0 aliphatic heterocycles. The number of nitrogen functional groups attached to an aromatic ring is 1. The van der Waals surface area contributed by atoms with Gasteiger partial charge in [-0.25, -0.2) is 9.37 Å². The number of carbonyl (C=O) groups excluding carboxylic acids is 1. The van der Waals surface area contributed by atoms with E-state index in [4.69, 9.17) is 10.5 Å². The largest absolute Gasteiger partial charge is 0.496 e. The van der Waals surface area contributed by atoms with E-state index in [1.165, 1.54) is 25.4 Å². The summed E-state index contributed by atoms with van der Waals surface area (Å²) in [5.74, 6) is -0.474. The summed E-state index contributed by atoms with van der Waals surface area (Å²) >= 11 is 0. The number of rotatable bonds is 5. The van der Waals surface area contributed by atoms with Gasteiger partial charge in [0.1, 0.15) is 17.4 Å². The zero-order chi connectivity index (χ0) is 18.7. The normalized spacial score (nSPS) is 19.8. The first-order chi connectivity index (χ1) is 12.5. The summed E-state index contributed by atoms with van der Waals surface area (Å²) in [6, 6.07) is 3.85. The highest BCUT2D eigenvalue weighted by Crippen LogP contribution is 2.25. The molecule has 0 atom stereocenters. The molecule has 4 N–H and O–H groups in total. The van der Waals surface area contributed by atoms with E-state index in [0.717, 1.165) is 31.7 Å². The summed E-state index contributed by atoms with van der Waals surface area (Å²) in [5.41, 5.74) is 6.07. The van der Waals surface area contributed by atoms with Gasteiger partial charge >= 0.3 is 0 Å². The van der Waals surface area contributed by atoms with Crippen molar-refractivity contribution in [3.63, 3.8) is 0 Å². The molecule has 3 rings (SSSR count). The van der Waals surface area contributed by atoms with Gasteiger partial charge in [0, 0.05) is 12.2 Å². The average molecular weight is 360 g/mol. The Labute approximate surface area is 150 Å². The number of ether oxygens (including phenoxy) is 1. The second-order valence-corrected chi connectivity index (χ2v) is 6.32. The third-order valence-electron chi connectivity index (χ3n) is 4.50. The van der Waals surface area contributed by atoms with E-state index in [1.54, 1.807) is 0 Å². The van der Waals surface area contributed by atoms with Crippen molar-refractivity contribution >= 4 is 17.5 Å².